The number of nitrogens with one attached hydrogen (secondary N) is 2. The highest BCUT2D eigenvalue weighted by molar-refractivity contribution is 5.46. The third kappa shape index (κ3) is 2.27. The summed E-state index contributed by atoms with van der Waals surface area (Å²) < 4.78 is 12.7. The van der Waals surface area contributed by atoms with Gasteiger partial charge in [-0.25, -0.2) is 4.39 Å². The molecule has 0 radical (unpaired) electrons. The standard InChI is InChI=1S/C11H16FN3/c12-9-1-3-10(4-2-9)15-11(7-13)5-6-14-8-11/h1-4,14-15H,5-8,13H2. The van der Waals surface area contributed by atoms with Gasteiger partial charge in [0.2, 0.25) is 0 Å². The Labute approximate surface area is 88.9 Å². The predicted octanol–water partition coefficient (Wildman–Crippen LogP) is 0.928. The molecular formula is C11H16FN3. The molecule has 0 aromatic heterocycles. The quantitative estimate of drug-likeness (QED) is 0.694. The molecule has 1 atom stereocenters. The van der Waals surface area contributed by atoms with Gasteiger partial charge in [0.1, 0.15) is 5.82 Å². The Morgan fingerprint density at radius 3 is 2.67 bits per heavy atom. The molecule has 1 aromatic carbocycles. The van der Waals surface area contributed by atoms with E-state index in [1.165, 1.54) is 12.1 Å². The van der Waals surface area contributed by atoms with Gasteiger partial charge in [0, 0.05) is 18.8 Å². The third-order valence-corrected chi connectivity index (χ3v) is 2.89. The minimum Gasteiger partial charge on any atom is -0.377 e. The topological polar surface area (TPSA) is 50.1 Å². The summed E-state index contributed by atoms with van der Waals surface area (Å²) in [4.78, 5) is 0. The Bertz CT molecular complexity index is 317. The maximum Gasteiger partial charge on any atom is 0.123 e. The Hall–Kier alpha value is -1.13. The summed E-state index contributed by atoms with van der Waals surface area (Å²) >= 11 is 0. The van der Waals surface area contributed by atoms with Crippen molar-refractivity contribution in [2.24, 2.45) is 5.73 Å². The van der Waals surface area contributed by atoms with Crippen molar-refractivity contribution in [3.05, 3.63) is 30.1 Å². The molecule has 1 aliphatic heterocycles. The second-order valence-electron chi connectivity index (χ2n) is 4.04. The second kappa shape index (κ2) is 4.16. The van der Waals surface area contributed by atoms with Gasteiger partial charge in [0.15, 0.2) is 0 Å². The summed E-state index contributed by atoms with van der Waals surface area (Å²) in [5.74, 6) is -0.216. The van der Waals surface area contributed by atoms with Crippen LogP contribution in [0.2, 0.25) is 0 Å². The Morgan fingerprint density at radius 1 is 1.40 bits per heavy atom. The van der Waals surface area contributed by atoms with Crippen molar-refractivity contribution < 1.29 is 4.39 Å². The van der Waals surface area contributed by atoms with Crippen LogP contribution in [0, 0.1) is 5.82 Å². The molecule has 2 rings (SSSR count). The van der Waals surface area contributed by atoms with E-state index in [0.29, 0.717) is 6.54 Å². The fourth-order valence-corrected chi connectivity index (χ4v) is 1.92. The first-order valence-electron chi connectivity index (χ1n) is 5.19. The van der Waals surface area contributed by atoms with Gasteiger partial charge in [-0.3, -0.25) is 0 Å². The van der Waals surface area contributed by atoms with E-state index in [1.807, 2.05) is 0 Å². The van der Waals surface area contributed by atoms with E-state index in [0.717, 1.165) is 25.2 Å². The first-order chi connectivity index (χ1) is 7.24. The first-order valence-corrected chi connectivity index (χ1v) is 5.19. The van der Waals surface area contributed by atoms with Crippen LogP contribution in [0.5, 0.6) is 0 Å². The fraction of sp³-hybridized carbons (Fsp3) is 0.455. The first kappa shape index (κ1) is 10.4. The Morgan fingerprint density at radius 2 is 2.13 bits per heavy atom. The lowest BCUT2D eigenvalue weighted by Crippen LogP contribution is -2.47. The summed E-state index contributed by atoms with van der Waals surface area (Å²) in [5.41, 5.74) is 6.62. The third-order valence-electron chi connectivity index (χ3n) is 2.89. The summed E-state index contributed by atoms with van der Waals surface area (Å²) in [6.45, 7) is 2.42. The predicted molar refractivity (Wildman–Crippen MR) is 59.3 cm³/mol. The van der Waals surface area contributed by atoms with Gasteiger partial charge < -0.3 is 16.4 Å². The van der Waals surface area contributed by atoms with Gasteiger partial charge in [-0.05, 0) is 37.2 Å². The summed E-state index contributed by atoms with van der Waals surface area (Å²) in [7, 11) is 0. The van der Waals surface area contributed by atoms with Crippen molar-refractivity contribution in [1.82, 2.24) is 5.32 Å². The van der Waals surface area contributed by atoms with E-state index in [4.69, 9.17) is 5.73 Å². The molecule has 0 bridgehead atoms. The molecule has 1 fully saturated rings. The van der Waals surface area contributed by atoms with E-state index in [1.54, 1.807) is 12.1 Å². The zero-order valence-corrected chi connectivity index (χ0v) is 8.59. The number of benzene rings is 1. The smallest absolute Gasteiger partial charge is 0.123 e. The van der Waals surface area contributed by atoms with Gasteiger partial charge in [-0.2, -0.15) is 0 Å². The van der Waals surface area contributed by atoms with Crippen molar-refractivity contribution in [1.29, 1.82) is 0 Å². The lowest BCUT2D eigenvalue weighted by atomic mass is 9.98. The number of hydrogen-bond acceptors (Lipinski definition) is 3. The summed E-state index contributed by atoms with van der Waals surface area (Å²) in [6, 6.07) is 6.39. The van der Waals surface area contributed by atoms with Gasteiger partial charge in [-0.1, -0.05) is 0 Å². The molecule has 1 heterocycles. The van der Waals surface area contributed by atoms with Crippen LogP contribution in [0.3, 0.4) is 0 Å². The van der Waals surface area contributed by atoms with E-state index in [2.05, 4.69) is 10.6 Å². The van der Waals surface area contributed by atoms with Crippen molar-refractivity contribution in [3.8, 4) is 0 Å². The lowest BCUT2D eigenvalue weighted by Gasteiger charge is -2.29. The number of nitrogens with two attached hydrogens (primary N) is 1. The van der Waals surface area contributed by atoms with Crippen molar-refractivity contribution in [2.75, 3.05) is 25.0 Å². The summed E-state index contributed by atoms with van der Waals surface area (Å²) in [6.07, 6.45) is 1.00. The van der Waals surface area contributed by atoms with Crippen LogP contribution in [0.4, 0.5) is 10.1 Å². The molecule has 3 nitrogen and oxygen atoms in total. The van der Waals surface area contributed by atoms with Gasteiger partial charge in [0.25, 0.3) is 0 Å². The van der Waals surface area contributed by atoms with Gasteiger partial charge in [0.05, 0.1) is 5.54 Å². The Balaban J connectivity index is 2.09. The number of anilines is 1. The van der Waals surface area contributed by atoms with Gasteiger partial charge in [-0.15, -0.1) is 0 Å². The Kier molecular flexibility index (Phi) is 2.88. The molecule has 0 aliphatic carbocycles. The normalized spacial score (nSPS) is 25.5. The monoisotopic (exact) mass is 209 g/mol. The number of rotatable bonds is 3. The molecule has 1 aromatic rings. The molecular weight excluding hydrogens is 193 g/mol. The average Bonchev–Trinajstić information content (AvgIpc) is 2.71. The minimum absolute atomic E-state index is 0.0716. The molecule has 1 saturated heterocycles. The van der Waals surface area contributed by atoms with E-state index in [-0.39, 0.29) is 11.4 Å². The van der Waals surface area contributed by atoms with Crippen molar-refractivity contribution in [3.63, 3.8) is 0 Å². The summed E-state index contributed by atoms with van der Waals surface area (Å²) in [5, 5.41) is 6.66. The van der Waals surface area contributed by atoms with Crippen LogP contribution >= 0.6 is 0 Å². The molecule has 1 aliphatic rings. The molecule has 0 spiro atoms. The van der Waals surface area contributed by atoms with Gasteiger partial charge >= 0.3 is 0 Å². The molecule has 1 unspecified atom stereocenters. The van der Waals surface area contributed by atoms with Crippen LogP contribution in [0.25, 0.3) is 0 Å². The zero-order valence-electron chi connectivity index (χ0n) is 8.59. The molecule has 4 N–H and O–H groups in total. The molecule has 15 heavy (non-hydrogen) atoms. The number of halogens is 1. The van der Waals surface area contributed by atoms with Crippen LogP contribution < -0.4 is 16.4 Å². The highest BCUT2D eigenvalue weighted by atomic mass is 19.1. The highest BCUT2D eigenvalue weighted by Crippen LogP contribution is 2.20. The average molecular weight is 209 g/mol. The molecule has 0 amide bonds. The zero-order chi connectivity index (χ0) is 10.7. The molecule has 4 heteroatoms. The maximum atomic E-state index is 12.7. The minimum atomic E-state index is -0.216. The van der Waals surface area contributed by atoms with Crippen LogP contribution in [0.1, 0.15) is 6.42 Å². The van der Waals surface area contributed by atoms with Crippen LogP contribution in [0.15, 0.2) is 24.3 Å². The van der Waals surface area contributed by atoms with E-state index >= 15 is 0 Å². The van der Waals surface area contributed by atoms with E-state index < -0.39 is 0 Å². The van der Waals surface area contributed by atoms with Crippen LogP contribution in [-0.2, 0) is 0 Å². The van der Waals surface area contributed by atoms with E-state index in [9.17, 15) is 4.39 Å². The lowest BCUT2D eigenvalue weighted by molar-refractivity contribution is 0.523. The largest absolute Gasteiger partial charge is 0.377 e. The highest BCUT2D eigenvalue weighted by Gasteiger charge is 2.31. The fourth-order valence-electron chi connectivity index (χ4n) is 1.92. The molecule has 82 valence electrons. The number of hydrogen-bond donors (Lipinski definition) is 3. The van der Waals surface area contributed by atoms with Crippen molar-refractivity contribution in [2.45, 2.75) is 12.0 Å². The SMILES string of the molecule is NCC1(Nc2ccc(F)cc2)CCNC1. The van der Waals surface area contributed by atoms with Crippen LogP contribution in [-0.4, -0.2) is 25.2 Å². The van der Waals surface area contributed by atoms with Crippen molar-refractivity contribution >= 4 is 5.69 Å². The maximum absolute atomic E-state index is 12.7. The molecule has 0 saturated carbocycles. The second-order valence-corrected chi connectivity index (χ2v) is 4.04.